The molecule has 0 bridgehead atoms. The molecule has 2 nitrogen and oxygen atoms in total. The van der Waals surface area contributed by atoms with Gasteiger partial charge in [0.05, 0.1) is 21.8 Å². The van der Waals surface area contributed by atoms with Crippen molar-refractivity contribution in [3.63, 3.8) is 0 Å². The van der Waals surface area contributed by atoms with E-state index < -0.39 is 5.82 Å². The lowest BCUT2D eigenvalue weighted by Crippen LogP contribution is -1.88. The van der Waals surface area contributed by atoms with E-state index in [4.69, 9.17) is 16.3 Å². The summed E-state index contributed by atoms with van der Waals surface area (Å²) < 4.78 is 19.0. The largest absolute Gasteiger partial charge is 0.494 e. The Bertz CT molecular complexity index is 497. The maximum absolute atomic E-state index is 13.6. The maximum atomic E-state index is 13.6. The predicted octanol–water partition coefficient (Wildman–Crippen LogP) is 3.41. The highest BCUT2D eigenvalue weighted by Crippen LogP contribution is 2.35. The van der Waals surface area contributed by atoms with Crippen molar-refractivity contribution in [2.75, 3.05) is 7.11 Å². The van der Waals surface area contributed by atoms with Crippen LogP contribution in [-0.4, -0.2) is 12.1 Å². The van der Waals surface area contributed by atoms with Crippen LogP contribution in [0.15, 0.2) is 6.07 Å². The second-order valence-electron chi connectivity index (χ2n) is 2.79. The third-order valence-electron chi connectivity index (χ3n) is 1.85. The molecule has 5 heteroatoms. The number of ether oxygens (including phenoxy) is 1. The summed E-state index contributed by atoms with van der Waals surface area (Å²) in [4.78, 5) is 4.14. The number of nitrogens with zero attached hydrogens (tertiary/aromatic N) is 1. The summed E-state index contributed by atoms with van der Waals surface area (Å²) in [6.45, 7) is 1.81. The third kappa shape index (κ3) is 1.35. The monoisotopic (exact) mass is 231 g/mol. The summed E-state index contributed by atoms with van der Waals surface area (Å²) in [7, 11) is 1.41. The predicted molar refractivity (Wildman–Crippen MR) is 55.9 cm³/mol. The maximum Gasteiger partial charge on any atom is 0.184 e. The van der Waals surface area contributed by atoms with E-state index in [1.807, 2.05) is 6.92 Å². The zero-order chi connectivity index (χ0) is 10.3. The van der Waals surface area contributed by atoms with E-state index in [1.54, 1.807) is 0 Å². The summed E-state index contributed by atoms with van der Waals surface area (Å²) in [5.41, 5.74) is 0.507. The van der Waals surface area contributed by atoms with E-state index in [0.717, 1.165) is 5.01 Å². The molecular formula is C9H7ClFNOS. The van der Waals surface area contributed by atoms with Crippen molar-refractivity contribution in [3.05, 3.63) is 21.9 Å². The number of fused-ring (bicyclic) bond motifs is 1. The van der Waals surface area contributed by atoms with Gasteiger partial charge in [-0.15, -0.1) is 11.3 Å². The van der Waals surface area contributed by atoms with Crippen LogP contribution in [0, 0.1) is 12.7 Å². The fourth-order valence-electron chi connectivity index (χ4n) is 1.24. The lowest BCUT2D eigenvalue weighted by molar-refractivity contribution is 0.389. The molecule has 74 valence electrons. The summed E-state index contributed by atoms with van der Waals surface area (Å²) in [6, 6.07) is 1.44. The van der Waals surface area contributed by atoms with Crippen LogP contribution < -0.4 is 4.74 Å². The van der Waals surface area contributed by atoms with Gasteiger partial charge in [0.15, 0.2) is 11.6 Å². The standard InChI is InChI=1S/C9H7ClFNOS/c1-4-12-8-5(10)3-6(13-2)7(11)9(8)14-4/h3H,1-2H3. The molecular weight excluding hydrogens is 225 g/mol. The minimum atomic E-state index is -0.391. The van der Waals surface area contributed by atoms with Crippen molar-refractivity contribution < 1.29 is 9.13 Å². The number of hydrogen-bond donors (Lipinski definition) is 0. The van der Waals surface area contributed by atoms with Crippen LogP contribution >= 0.6 is 22.9 Å². The minimum absolute atomic E-state index is 0.158. The Balaban J connectivity index is 2.86. The summed E-state index contributed by atoms with van der Waals surface area (Å²) in [6.07, 6.45) is 0. The third-order valence-corrected chi connectivity index (χ3v) is 3.11. The number of benzene rings is 1. The van der Waals surface area contributed by atoms with Crippen LogP contribution in [0.3, 0.4) is 0 Å². The molecule has 1 aromatic heterocycles. The van der Waals surface area contributed by atoms with E-state index in [0.29, 0.717) is 15.2 Å². The summed E-state index contributed by atoms with van der Waals surface area (Å²) >= 11 is 7.20. The first-order valence-corrected chi connectivity index (χ1v) is 5.12. The number of halogens is 2. The number of aryl methyl sites for hydroxylation is 1. The zero-order valence-corrected chi connectivity index (χ0v) is 9.17. The molecule has 0 atom stereocenters. The highest BCUT2D eigenvalue weighted by molar-refractivity contribution is 7.18. The van der Waals surface area contributed by atoms with E-state index in [9.17, 15) is 4.39 Å². The van der Waals surface area contributed by atoms with E-state index in [2.05, 4.69) is 4.98 Å². The molecule has 0 saturated carbocycles. The first-order chi connectivity index (χ1) is 6.63. The van der Waals surface area contributed by atoms with Crippen molar-refractivity contribution in [1.82, 2.24) is 4.98 Å². The van der Waals surface area contributed by atoms with Gasteiger partial charge < -0.3 is 4.74 Å². The average Bonchev–Trinajstić information content (AvgIpc) is 2.54. The van der Waals surface area contributed by atoms with Crippen molar-refractivity contribution >= 4 is 33.2 Å². The highest BCUT2D eigenvalue weighted by atomic mass is 35.5. The number of methoxy groups -OCH3 is 1. The molecule has 2 aromatic rings. The van der Waals surface area contributed by atoms with Crippen molar-refractivity contribution in [2.24, 2.45) is 0 Å². The van der Waals surface area contributed by atoms with E-state index >= 15 is 0 Å². The number of thiazole rings is 1. The lowest BCUT2D eigenvalue weighted by atomic mass is 10.3. The topological polar surface area (TPSA) is 22.1 Å². The van der Waals surface area contributed by atoms with Crippen LogP contribution in [0.1, 0.15) is 5.01 Å². The fourth-order valence-corrected chi connectivity index (χ4v) is 2.41. The Hall–Kier alpha value is -0.870. The van der Waals surface area contributed by atoms with Crippen LogP contribution in [0.25, 0.3) is 10.2 Å². The molecule has 1 heterocycles. The molecule has 0 aliphatic rings. The van der Waals surface area contributed by atoms with Crippen molar-refractivity contribution in [3.8, 4) is 5.75 Å². The fraction of sp³-hybridized carbons (Fsp3) is 0.222. The lowest BCUT2D eigenvalue weighted by Gasteiger charge is -2.02. The second kappa shape index (κ2) is 3.37. The summed E-state index contributed by atoms with van der Waals surface area (Å²) in [5.74, 6) is -0.233. The van der Waals surface area contributed by atoms with Gasteiger partial charge in [0.1, 0.15) is 5.52 Å². The minimum Gasteiger partial charge on any atom is -0.494 e. The van der Waals surface area contributed by atoms with Gasteiger partial charge in [-0.3, -0.25) is 0 Å². The molecule has 0 aliphatic heterocycles. The SMILES string of the molecule is COc1cc(Cl)c2nc(C)sc2c1F. The Kier molecular flexibility index (Phi) is 2.33. The first-order valence-electron chi connectivity index (χ1n) is 3.92. The molecule has 0 saturated heterocycles. The van der Waals surface area contributed by atoms with Gasteiger partial charge in [-0.2, -0.15) is 0 Å². The molecule has 0 fully saturated rings. The van der Waals surface area contributed by atoms with Gasteiger partial charge in [0.25, 0.3) is 0 Å². The smallest absolute Gasteiger partial charge is 0.184 e. The zero-order valence-electron chi connectivity index (χ0n) is 7.60. The van der Waals surface area contributed by atoms with Gasteiger partial charge in [-0.1, -0.05) is 11.6 Å². The van der Waals surface area contributed by atoms with Crippen LogP contribution in [-0.2, 0) is 0 Å². The molecule has 0 aliphatic carbocycles. The molecule has 0 amide bonds. The molecule has 1 aromatic carbocycles. The Morgan fingerprint density at radius 1 is 1.57 bits per heavy atom. The Morgan fingerprint density at radius 2 is 2.29 bits per heavy atom. The first kappa shape index (κ1) is 9.68. The van der Waals surface area contributed by atoms with Crippen molar-refractivity contribution in [2.45, 2.75) is 6.92 Å². The highest BCUT2D eigenvalue weighted by Gasteiger charge is 2.15. The van der Waals surface area contributed by atoms with E-state index in [1.165, 1.54) is 24.5 Å². The average molecular weight is 232 g/mol. The molecule has 14 heavy (non-hydrogen) atoms. The molecule has 0 radical (unpaired) electrons. The van der Waals surface area contributed by atoms with Crippen LogP contribution in [0.5, 0.6) is 5.75 Å². The molecule has 0 N–H and O–H groups in total. The normalized spacial score (nSPS) is 10.9. The Morgan fingerprint density at radius 3 is 2.93 bits per heavy atom. The van der Waals surface area contributed by atoms with Gasteiger partial charge in [-0.25, -0.2) is 9.37 Å². The summed E-state index contributed by atoms with van der Waals surface area (Å²) in [5, 5.41) is 1.21. The van der Waals surface area contributed by atoms with Gasteiger partial charge >= 0.3 is 0 Å². The molecule has 0 spiro atoms. The van der Waals surface area contributed by atoms with Gasteiger partial charge in [0.2, 0.25) is 0 Å². The number of hydrogen-bond acceptors (Lipinski definition) is 3. The number of aromatic nitrogens is 1. The van der Waals surface area contributed by atoms with Crippen LogP contribution in [0.4, 0.5) is 4.39 Å². The molecule has 2 rings (SSSR count). The van der Waals surface area contributed by atoms with Gasteiger partial charge in [0, 0.05) is 6.07 Å². The van der Waals surface area contributed by atoms with Crippen molar-refractivity contribution in [1.29, 1.82) is 0 Å². The second-order valence-corrected chi connectivity index (χ2v) is 4.40. The Labute approximate surface area is 89.3 Å². The van der Waals surface area contributed by atoms with Gasteiger partial charge in [-0.05, 0) is 6.92 Å². The quantitative estimate of drug-likeness (QED) is 0.751. The number of rotatable bonds is 1. The van der Waals surface area contributed by atoms with E-state index in [-0.39, 0.29) is 5.75 Å². The molecule has 0 unspecified atom stereocenters. The van der Waals surface area contributed by atoms with Crippen LogP contribution in [0.2, 0.25) is 5.02 Å².